The Morgan fingerprint density at radius 2 is 1.69 bits per heavy atom. The van der Waals surface area contributed by atoms with E-state index in [4.69, 9.17) is 5.73 Å². The molecule has 1 aliphatic rings. The number of nitrogens with zero attached hydrogens (tertiary/aromatic N) is 1. The van der Waals surface area contributed by atoms with E-state index in [2.05, 4.69) is 32.6 Å². The minimum absolute atomic E-state index is 0.390. The largest absolute Gasteiger partial charge is 0.328 e. The summed E-state index contributed by atoms with van der Waals surface area (Å²) in [6, 6.07) is 1.11. The summed E-state index contributed by atoms with van der Waals surface area (Å²) in [6.45, 7) is 11.6. The van der Waals surface area contributed by atoms with E-state index >= 15 is 0 Å². The van der Waals surface area contributed by atoms with Crippen LogP contribution in [0.2, 0.25) is 0 Å². The summed E-state index contributed by atoms with van der Waals surface area (Å²) < 4.78 is 0. The summed E-state index contributed by atoms with van der Waals surface area (Å²) >= 11 is 0. The van der Waals surface area contributed by atoms with Crippen molar-refractivity contribution in [2.24, 2.45) is 11.1 Å². The molecule has 0 saturated carbocycles. The monoisotopic (exact) mass is 184 g/mol. The molecule has 0 radical (unpaired) electrons. The third-order valence-corrected chi connectivity index (χ3v) is 3.38. The second-order valence-corrected chi connectivity index (χ2v) is 5.42. The highest BCUT2D eigenvalue weighted by atomic mass is 15.2. The number of nitrogens with two attached hydrogens (primary N) is 1. The van der Waals surface area contributed by atoms with E-state index in [1.807, 2.05) is 0 Å². The van der Waals surface area contributed by atoms with Crippen molar-refractivity contribution in [2.45, 2.75) is 52.6 Å². The van der Waals surface area contributed by atoms with Crippen LogP contribution in [0.1, 0.15) is 40.5 Å². The minimum atomic E-state index is 0.390. The van der Waals surface area contributed by atoms with Crippen LogP contribution in [0.5, 0.6) is 0 Å². The Bertz CT molecular complexity index is 152. The number of piperidine rings is 1. The Labute approximate surface area is 82.5 Å². The molecule has 1 heterocycles. The van der Waals surface area contributed by atoms with Gasteiger partial charge in [-0.1, -0.05) is 20.8 Å². The first-order valence-corrected chi connectivity index (χ1v) is 5.41. The fraction of sp³-hybridized carbons (Fsp3) is 1.00. The molecule has 78 valence electrons. The number of hydrogen-bond acceptors (Lipinski definition) is 2. The predicted molar refractivity (Wildman–Crippen MR) is 57.7 cm³/mol. The molecular formula is C11H24N2. The number of rotatable bonds is 1. The highest BCUT2D eigenvalue weighted by molar-refractivity contribution is 4.83. The summed E-state index contributed by atoms with van der Waals surface area (Å²) in [5, 5.41) is 0. The molecule has 1 atom stereocenters. The van der Waals surface area contributed by atoms with Gasteiger partial charge in [0.1, 0.15) is 0 Å². The highest BCUT2D eigenvalue weighted by Crippen LogP contribution is 2.26. The standard InChI is InChI=1S/C11H24N2/c1-9(11(2,3)4)13-7-5-10(12)6-8-13/h9-10H,5-8,12H2,1-4H3. The Balaban J connectivity index is 2.45. The van der Waals surface area contributed by atoms with Gasteiger partial charge in [-0.25, -0.2) is 0 Å². The lowest BCUT2D eigenvalue weighted by molar-refractivity contribution is 0.0873. The van der Waals surface area contributed by atoms with Crippen LogP contribution >= 0.6 is 0 Å². The molecule has 2 heteroatoms. The number of hydrogen-bond donors (Lipinski definition) is 1. The first-order chi connectivity index (χ1) is 5.91. The topological polar surface area (TPSA) is 29.3 Å². The molecule has 0 amide bonds. The maximum Gasteiger partial charge on any atom is 0.0115 e. The van der Waals surface area contributed by atoms with Gasteiger partial charge in [-0.3, -0.25) is 0 Å². The van der Waals surface area contributed by atoms with Gasteiger partial charge in [0.15, 0.2) is 0 Å². The van der Waals surface area contributed by atoms with Crippen molar-refractivity contribution >= 4 is 0 Å². The first kappa shape index (κ1) is 11.0. The summed E-state index contributed by atoms with van der Waals surface area (Å²) in [4.78, 5) is 2.57. The van der Waals surface area contributed by atoms with Gasteiger partial charge in [0.2, 0.25) is 0 Å². The minimum Gasteiger partial charge on any atom is -0.328 e. The van der Waals surface area contributed by atoms with Gasteiger partial charge in [0, 0.05) is 12.1 Å². The van der Waals surface area contributed by atoms with Crippen LogP contribution in [0.4, 0.5) is 0 Å². The average molecular weight is 184 g/mol. The van der Waals surface area contributed by atoms with Crippen molar-refractivity contribution in [3.63, 3.8) is 0 Å². The van der Waals surface area contributed by atoms with Gasteiger partial charge in [0.25, 0.3) is 0 Å². The van der Waals surface area contributed by atoms with E-state index in [0.717, 1.165) is 0 Å². The normalized spacial score (nSPS) is 24.7. The second kappa shape index (κ2) is 3.97. The first-order valence-electron chi connectivity index (χ1n) is 5.41. The highest BCUT2D eigenvalue weighted by Gasteiger charge is 2.28. The zero-order valence-corrected chi connectivity index (χ0v) is 9.51. The fourth-order valence-corrected chi connectivity index (χ4v) is 1.85. The molecule has 1 saturated heterocycles. The van der Waals surface area contributed by atoms with E-state index in [1.165, 1.54) is 25.9 Å². The SMILES string of the molecule is CC(N1CCC(N)CC1)C(C)(C)C. The lowest BCUT2D eigenvalue weighted by Crippen LogP contribution is -2.48. The number of likely N-dealkylation sites (tertiary alicyclic amines) is 1. The third-order valence-electron chi connectivity index (χ3n) is 3.38. The Hall–Kier alpha value is -0.0800. The Kier molecular flexibility index (Phi) is 3.36. The van der Waals surface area contributed by atoms with Gasteiger partial charge in [-0.05, 0) is 38.3 Å². The van der Waals surface area contributed by atoms with Crippen LogP contribution in [-0.2, 0) is 0 Å². The lowest BCUT2D eigenvalue weighted by Gasteiger charge is -2.41. The van der Waals surface area contributed by atoms with Crippen molar-refractivity contribution in [3.05, 3.63) is 0 Å². The molecule has 0 aromatic rings. The van der Waals surface area contributed by atoms with Gasteiger partial charge in [-0.2, -0.15) is 0 Å². The molecular weight excluding hydrogens is 160 g/mol. The molecule has 0 aromatic carbocycles. The molecule has 1 aliphatic heterocycles. The molecule has 0 aliphatic carbocycles. The summed E-state index contributed by atoms with van der Waals surface area (Å²) in [7, 11) is 0. The zero-order chi connectivity index (χ0) is 10.1. The molecule has 0 bridgehead atoms. The van der Waals surface area contributed by atoms with Gasteiger partial charge < -0.3 is 10.6 Å². The van der Waals surface area contributed by atoms with Crippen LogP contribution in [-0.4, -0.2) is 30.1 Å². The molecule has 1 unspecified atom stereocenters. The summed E-state index contributed by atoms with van der Waals surface area (Å²) in [5.41, 5.74) is 6.27. The Morgan fingerprint density at radius 3 is 2.08 bits per heavy atom. The van der Waals surface area contributed by atoms with E-state index in [-0.39, 0.29) is 0 Å². The second-order valence-electron chi connectivity index (χ2n) is 5.42. The fourth-order valence-electron chi connectivity index (χ4n) is 1.85. The molecule has 1 rings (SSSR count). The van der Waals surface area contributed by atoms with Crippen molar-refractivity contribution in [2.75, 3.05) is 13.1 Å². The molecule has 1 fully saturated rings. The smallest absolute Gasteiger partial charge is 0.0115 e. The summed E-state index contributed by atoms with van der Waals surface area (Å²) in [6.07, 6.45) is 2.33. The zero-order valence-electron chi connectivity index (χ0n) is 9.51. The van der Waals surface area contributed by atoms with E-state index in [0.29, 0.717) is 17.5 Å². The van der Waals surface area contributed by atoms with Gasteiger partial charge in [-0.15, -0.1) is 0 Å². The van der Waals surface area contributed by atoms with Crippen LogP contribution in [0.25, 0.3) is 0 Å². The van der Waals surface area contributed by atoms with Crippen LogP contribution in [0.3, 0.4) is 0 Å². The molecule has 13 heavy (non-hydrogen) atoms. The molecule has 0 spiro atoms. The lowest BCUT2D eigenvalue weighted by atomic mass is 9.86. The van der Waals surface area contributed by atoms with Crippen LogP contribution in [0, 0.1) is 5.41 Å². The van der Waals surface area contributed by atoms with Crippen molar-refractivity contribution in [3.8, 4) is 0 Å². The van der Waals surface area contributed by atoms with Gasteiger partial charge in [0.05, 0.1) is 0 Å². The average Bonchev–Trinajstić information content (AvgIpc) is 2.03. The maximum atomic E-state index is 5.88. The maximum absolute atomic E-state index is 5.88. The summed E-state index contributed by atoms with van der Waals surface area (Å²) in [5.74, 6) is 0. The molecule has 2 N–H and O–H groups in total. The quantitative estimate of drug-likeness (QED) is 0.674. The Morgan fingerprint density at radius 1 is 1.23 bits per heavy atom. The van der Waals surface area contributed by atoms with Crippen molar-refractivity contribution < 1.29 is 0 Å². The van der Waals surface area contributed by atoms with Crippen molar-refractivity contribution in [1.29, 1.82) is 0 Å². The van der Waals surface area contributed by atoms with Crippen LogP contribution in [0.15, 0.2) is 0 Å². The van der Waals surface area contributed by atoms with Crippen LogP contribution < -0.4 is 5.73 Å². The van der Waals surface area contributed by atoms with Gasteiger partial charge >= 0.3 is 0 Å². The van der Waals surface area contributed by atoms with Crippen molar-refractivity contribution in [1.82, 2.24) is 4.90 Å². The van der Waals surface area contributed by atoms with E-state index < -0.39 is 0 Å². The molecule has 0 aromatic heterocycles. The predicted octanol–water partition coefficient (Wildman–Crippen LogP) is 1.84. The van der Waals surface area contributed by atoms with E-state index in [9.17, 15) is 0 Å². The molecule has 2 nitrogen and oxygen atoms in total. The third kappa shape index (κ3) is 2.96. The van der Waals surface area contributed by atoms with E-state index in [1.54, 1.807) is 0 Å².